The van der Waals surface area contributed by atoms with Crippen LogP contribution in [0.2, 0.25) is 0 Å². The molecule has 1 aromatic heterocycles. The lowest BCUT2D eigenvalue weighted by Gasteiger charge is -2.24. The number of anilines is 1. The molecule has 2 unspecified atom stereocenters. The molecule has 5 rings (SSSR count). The monoisotopic (exact) mass is 503 g/mol. The number of ether oxygens (including phenoxy) is 1. The summed E-state index contributed by atoms with van der Waals surface area (Å²) in [7, 11) is 0. The van der Waals surface area contributed by atoms with Crippen LogP contribution in [0.5, 0.6) is 0 Å². The third-order valence-corrected chi connectivity index (χ3v) is 6.67. The molecule has 2 atom stereocenters. The molecule has 3 aromatic rings. The Bertz CT molecular complexity index is 1360. The molecule has 10 nitrogen and oxygen atoms in total. The molecule has 2 aliphatic rings. The van der Waals surface area contributed by atoms with Gasteiger partial charge in [-0.05, 0) is 37.1 Å². The van der Waals surface area contributed by atoms with E-state index in [1.807, 2.05) is 6.07 Å². The molecular formula is C25H21N5O5S. The summed E-state index contributed by atoms with van der Waals surface area (Å²) in [5.41, 5.74) is 2.80. The first-order valence-corrected chi connectivity index (χ1v) is 12.1. The van der Waals surface area contributed by atoms with Crippen molar-refractivity contribution in [3.8, 4) is 17.3 Å². The summed E-state index contributed by atoms with van der Waals surface area (Å²) in [6, 6.07) is 14.7. The van der Waals surface area contributed by atoms with Crippen LogP contribution < -0.4 is 10.6 Å². The maximum atomic E-state index is 13.0. The van der Waals surface area contributed by atoms with E-state index in [1.165, 1.54) is 17.4 Å². The van der Waals surface area contributed by atoms with Gasteiger partial charge in [-0.15, -0.1) is 11.3 Å². The van der Waals surface area contributed by atoms with Gasteiger partial charge in [-0.1, -0.05) is 24.3 Å². The summed E-state index contributed by atoms with van der Waals surface area (Å²) in [6.45, 7) is -0.137. The van der Waals surface area contributed by atoms with Crippen molar-refractivity contribution < 1.29 is 24.2 Å². The number of thiazole rings is 1. The molecule has 0 spiro atoms. The number of benzene rings is 2. The highest BCUT2D eigenvalue weighted by atomic mass is 32.1. The quantitative estimate of drug-likeness (QED) is 0.466. The van der Waals surface area contributed by atoms with Gasteiger partial charge in [-0.3, -0.25) is 14.5 Å². The number of rotatable bonds is 6. The molecular weight excluding hydrogens is 482 g/mol. The zero-order valence-electron chi connectivity index (χ0n) is 18.9. The smallest absolute Gasteiger partial charge is 0.410 e. The fourth-order valence-electron chi connectivity index (χ4n) is 3.90. The Labute approximate surface area is 210 Å². The second kappa shape index (κ2) is 9.77. The standard InChI is InChI=1S/C25H21N5O5S/c26-11-14-2-1-3-17(10-14)23-30(25(33)34)20(12-35-23)22(32)29-24-28-19(13-36-24)15-4-6-16(7-5-15)21(31)27-18-8-9-18/h1-7,10,13,18,20,23H,8-9,12H2,(H,27,31)(H,33,34)(H,28,29,32). The molecule has 0 radical (unpaired) electrons. The van der Waals surface area contributed by atoms with E-state index >= 15 is 0 Å². The maximum Gasteiger partial charge on any atom is 0.410 e. The molecule has 0 bridgehead atoms. The summed E-state index contributed by atoms with van der Waals surface area (Å²) in [5, 5.41) is 26.6. The van der Waals surface area contributed by atoms with Crippen molar-refractivity contribution in [3.63, 3.8) is 0 Å². The molecule has 1 saturated heterocycles. The predicted molar refractivity (Wildman–Crippen MR) is 130 cm³/mol. The van der Waals surface area contributed by atoms with Crippen LogP contribution >= 0.6 is 11.3 Å². The number of nitrogens with one attached hydrogen (secondary N) is 2. The van der Waals surface area contributed by atoms with E-state index in [-0.39, 0.29) is 18.6 Å². The number of hydrogen-bond donors (Lipinski definition) is 3. The van der Waals surface area contributed by atoms with Gasteiger partial charge < -0.3 is 20.5 Å². The van der Waals surface area contributed by atoms with Crippen LogP contribution in [-0.2, 0) is 9.53 Å². The van der Waals surface area contributed by atoms with Gasteiger partial charge in [0.05, 0.1) is 23.9 Å². The first-order chi connectivity index (χ1) is 17.4. The molecule has 2 fully saturated rings. The van der Waals surface area contributed by atoms with Crippen molar-refractivity contribution in [2.45, 2.75) is 31.2 Å². The van der Waals surface area contributed by atoms with Crippen LogP contribution in [0, 0.1) is 11.3 Å². The van der Waals surface area contributed by atoms with Gasteiger partial charge >= 0.3 is 6.09 Å². The Morgan fingerprint density at radius 1 is 1.17 bits per heavy atom. The summed E-state index contributed by atoms with van der Waals surface area (Å²) in [6.07, 6.45) is -0.285. The van der Waals surface area contributed by atoms with E-state index in [1.54, 1.807) is 47.8 Å². The Morgan fingerprint density at radius 2 is 1.94 bits per heavy atom. The SMILES string of the molecule is N#Cc1cccc(C2OCC(C(=O)Nc3nc(-c4ccc(C(=O)NC5CC5)cc4)cs3)N2C(=O)O)c1. The van der Waals surface area contributed by atoms with Gasteiger partial charge in [0, 0.05) is 28.1 Å². The van der Waals surface area contributed by atoms with Crippen LogP contribution in [0.3, 0.4) is 0 Å². The molecule has 3 N–H and O–H groups in total. The van der Waals surface area contributed by atoms with Crippen molar-refractivity contribution in [1.29, 1.82) is 5.26 Å². The second-order valence-corrected chi connectivity index (χ2v) is 9.34. The lowest BCUT2D eigenvalue weighted by molar-refractivity contribution is -0.119. The second-order valence-electron chi connectivity index (χ2n) is 8.48. The number of carboxylic acid groups (broad SMARTS) is 1. The van der Waals surface area contributed by atoms with E-state index in [2.05, 4.69) is 15.6 Å². The number of nitrogens with zero attached hydrogens (tertiary/aromatic N) is 3. The molecule has 1 aliphatic carbocycles. The first-order valence-electron chi connectivity index (χ1n) is 11.2. The van der Waals surface area contributed by atoms with E-state index in [9.17, 15) is 19.5 Å². The molecule has 2 heterocycles. The van der Waals surface area contributed by atoms with E-state index in [0.29, 0.717) is 27.5 Å². The Kier molecular flexibility index (Phi) is 6.37. The minimum Gasteiger partial charge on any atom is -0.465 e. The fraction of sp³-hybridized carbons (Fsp3) is 0.240. The van der Waals surface area contributed by atoms with Gasteiger partial charge in [-0.2, -0.15) is 5.26 Å². The normalized spacial score (nSPS) is 18.9. The van der Waals surface area contributed by atoms with Gasteiger partial charge in [0.1, 0.15) is 6.04 Å². The molecule has 1 aliphatic heterocycles. The van der Waals surface area contributed by atoms with Crippen molar-refractivity contribution in [1.82, 2.24) is 15.2 Å². The summed E-state index contributed by atoms with van der Waals surface area (Å²) < 4.78 is 5.64. The first kappa shape index (κ1) is 23.5. The Balaban J connectivity index is 1.26. The third-order valence-electron chi connectivity index (χ3n) is 5.91. The van der Waals surface area contributed by atoms with Crippen molar-refractivity contribution >= 4 is 34.4 Å². The van der Waals surface area contributed by atoms with Crippen LogP contribution in [0.4, 0.5) is 9.93 Å². The van der Waals surface area contributed by atoms with Crippen molar-refractivity contribution in [3.05, 3.63) is 70.6 Å². The fourth-order valence-corrected chi connectivity index (χ4v) is 4.62. The predicted octanol–water partition coefficient (Wildman–Crippen LogP) is 3.59. The minimum atomic E-state index is -1.31. The van der Waals surface area contributed by atoms with Gasteiger partial charge in [-0.25, -0.2) is 9.78 Å². The summed E-state index contributed by atoms with van der Waals surface area (Å²) >= 11 is 1.21. The number of carbonyl (C=O) groups is 3. The number of amides is 3. The zero-order valence-corrected chi connectivity index (χ0v) is 19.7. The molecule has 3 amide bonds. The Hall–Kier alpha value is -4.27. The van der Waals surface area contributed by atoms with Crippen LogP contribution in [-0.4, -0.2) is 51.6 Å². The van der Waals surface area contributed by atoms with Gasteiger partial charge in [0.15, 0.2) is 11.4 Å². The third kappa shape index (κ3) is 4.91. The van der Waals surface area contributed by atoms with Crippen LogP contribution in [0.15, 0.2) is 53.9 Å². The average molecular weight is 504 g/mol. The summed E-state index contributed by atoms with van der Waals surface area (Å²) in [5.74, 6) is -0.668. The van der Waals surface area contributed by atoms with Crippen LogP contribution in [0.1, 0.15) is 40.6 Å². The molecule has 1 saturated carbocycles. The Morgan fingerprint density at radius 3 is 2.64 bits per heavy atom. The van der Waals surface area contributed by atoms with E-state index in [0.717, 1.165) is 23.3 Å². The number of aromatic nitrogens is 1. The van der Waals surface area contributed by atoms with Crippen molar-refractivity contribution in [2.24, 2.45) is 0 Å². The van der Waals surface area contributed by atoms with E-state index < -0.39 is 24.3 Å². The topological polar surface area (TPSA) is 145 Å². The van der Waals surface area contributed by atoms with Crippen molar-refractivity contribution in [2.75, 3.05) is 11.9 Å². The number of hydrogen-bond acceptors (Lipinski definition) is 7. The van der Waals surface area contributed by atoms with Gasteiger partial charge in [0.2, 0.25) is 0 Å². The van der Waals surface area contributed by atoms with Crippen LogP contribution in [0.25, 0.3) is 11.3 Å². The molecule has 11 heteroatoms. The highest BCUT2D eigenvalue weighted by Gasteiger charge is 2.43. The largest absolute Gasteiger partial charge is 0.465 e. The van der Waals surface area contributed by atoms with Gasteiger partial charge in [0.25, 0.3) is 11.8 Å². The summed E-state index contributed by atoms with van der Waals surface area (Å²) in [4.78, 5) is 42.5. The highest BCUT2D eigenvalue weighted by Crippen LogP contribution is 2.32. The minimum absolute atomic E-state index is 0.102. The average Bonchev–Trinajstić information content (AvgIpc) is 3.39. The molecule has 36 heavy (non-hydrogen) atoms. The molecule has 2 aromatic carbocycles. The number of carbonyl (C=O) groups excluding carboxylic acids is 2. The lowest BCUT2D eigenvalue weighted by Crippen LogP contribution is -2.44. The lowest BCUT2D eigenvalue weighted by atomic mass is 10.1. The van der Waals surface area contributed by atoms with E-state index in [4.69, 9.17) is 10.00 Å². The number of nitriles is 1. The zero-order chi connectivity index (χ0) is 25.2. The maximum absolute atomic E-state index is 13.0. The molecule has 182 valence electrons. The highest BCUT2D eigenvalue weighted by molar-refractivity contribution is 7.14.